The van der Waals surface area contributed by atoms with E-state index in [1.165, 1.54) is 16.7 Å². The van der Waals surface area contributed by atoms with E-state index in [2.05, 4.69) is 59.6 Å². The Morgan fingerprint density at radius 1 is 0.593 bits per heavy atom. The van der Waals surface area contributed by atoms with Gasteiger partial charge in [-0.2, -0.15) is 0 Å². The average molecular weight is 532 g/mol. The van der Waals surface area contributed by atoms with Gasteiger partial charge in [0.25, 0.3) is 0 Å². The van der Waals surface area contributed by atoms with Gasteiger partial charge in [-0.1, -0.05) is 97.8 Å². The molecule has 0 atom stereocenters. The Bertz CT molecular complexity index is 834. The van der Waals surface area contributed by atoms with Crippen molar-refractivity contribution in [2.24, 2.45) is 0 Å². The van der Waals surface area contributed by atoms with Gasteiger partial charge in [-0.15, -0.1) is 29.8 Å². The molecule has 0 aliphatic rings. The average Bonchev–Trinajstić information content (AvgIpc) is 2.77. The van der Waals surface area contributed by atoms with Crippen molar-refractivity contribution < 1.29 is 21.1 Å². The molecule has 138 valence electrons. The van der Waals surface area contributed by atoms with E-state index in [0.717, 1.165) is 16.8 Å². The Morgan fingerprint density at radius 3 is 1.63 bits per heavy atom. The molecule has 27 heavy (non-hydrogen) atoms. The van der Waals surface area contributed by atoms with Gasteiger partial charge in [0.1, 0.15) is 0 Å². The fraction of sp³-hybridized carbons (Fsp3) is 0.0800. The quantitative estimate of drug-likeness (QED) is 0.262. The molecule has 2 heteroatoms. The fourth-order valence-corrected chi connectivity index (χ4v) is 2.75. The van der Waals surface area contributed by atoms with Crippen LogP contribution in [0.2, 0.25) is 0 Å². The molecule has 0 spiro atoms. The van der Waals surface area contributed by atoms with Crippen LogP contribution in [0, 0.1) is 6.07 Å². The maximum Gasteiger partial charge on any atom is 0.0239 e. The first-order valence-corrected chi connectivity index (χ1v) is 8.99. The number of benzene rings is 3. The van der Waals surface area contributed by atoms with Gasteiger partial charge in [-0.3, -0.25) is 0 Å². The van der Waals surface area contributed by atoms with Crippen LogP contribution in [0.3, 0.4) is 0 Å². The summed E-state index contributed by atoms with van der Waals surface area (Å²) in [6.07, 6.45) is 1.92. The molecule has 0 saturated carbocycles. The molecule has 0 N–H and O–H groups in total. The topological polar surface area (TPSA) is 12.9 Å². The standard InChI is InChI=1S/C23H16N.C2H6.Pt/c1-3-7-18(8-4-1)20-11-13-21(14-12-20)23-16-15-22(17-24-23)19-9-5-2-6-10-19;1-2;/h1-13,15-17H;1-2H3;/q-1;;. The molecule has 4 aromatic rings. The molecule has 0 radical (unpaired) electrons. The summed E-state index contributed by atoms with van der Waals surface area (Å²) in [6.45, 7) is 4.00. The Balaban J connectivity index is 0.000000844. The third kappa shape index (κ3) is 5.25. The van der Waals surface area contributed by atoms with Crippen molar-refractivity contribution in [2.45, 2.75) is 13.8 Å². The molecular formula is C25H22NPt-. The van der Waals surface area contributed by atoms with Crippen LogP contribution in [0.5, 0.6) is 0 Å². The van der Waals surface area contributed by atoms with E-state index in [-0.39, 0.29) is 21.1 Å². The van der Waals surface area contributed by atoms with Gasteiger partial charge in [0.15, 0.2) is 0 Å². The number of hydrogen-bond donors (Lipinski definition) is 0. The molecule has 1 nitrogen and oxygen atoms in total. The van der Waals surface area contributed by atoms with E-state index in [9.17, 15) is 0 Å². The summed E-state index contributed by atoms with van der Waals surface area (Å²) in [5.41, 5.74) is 6.62. The minimum Gasteiger partial charge on any atom is -0.304 e. The SMILES string of the molecule is CC.[Pt].[c-]1cc(-c2ccccc2)ccc1-c1ccc(-c2ccccc2)cn1. The van der Waals surface area contributed by atoms with Crippen molar-refractivity contribution in [1.82, 2.24) is 4.98 Å². The molecule has 1 heterocycles. The first kappa shape index (κ1) is 20.8. The normalized spacial score (nSPS) is 9.56. The minimum absolute atomic E-state index is 0. The van der Waals surface area contributed by atoms with Gasteiger partial charge >= 0.3 is 0 Å². The first-order chi connectivity index (χ1) is 12.9. The predicted octanol–water partition coefficient (Wildman–Crippen LogP) is 6.91. The summed E-state index contributed by atoms with van der Waals surface area (Å²) in [5, 5.41) is 0. The second-order valence-corrected chi connectivity index (χ2v) is 5.66. The Labute approximate surface area is 176 Å². The van der Waals surface area contributed by atoms with Gasteiger partial charge in [0.2, 0.25) is 0 Å². The van der Waals surface area contributed by atoms with Crippen LogP contribution in [-0.2, 0) is 21.1 Å². The van der Waals surface area contributed by atoms with Crippen molar-refractivity contribution in [1.29, 1.82) is 0 Å². The molecule has 0 amide bonds. The minimum atomic E-state index is 0. The summed E-state index contributed by atoms with van der Waals surface area (Å²) in [6, 6.07) is 34.4. The molecular weight excluding hydrogens is 509 g/mol. The smallest absolute Gasteiger partial charge is 0.0239 e. The second kappa shape index (κ2) is 10.6. The van der Waals surface area contributed by atoms with Crippen LogP contribution in [-0.4, -0.2) is 4.98 Å². The van der Waals surface area contributed by atoms with Gasteiger partial charge in [-0.25, -0.2) is 0 Å². The van der Waals surface area contributed by atoms with Crippen molar-refractivity contribution in [2.75, 3.05) is 0 Å². The molecule has 1 aromatic heterocycles. The Morgan fingerprint density at radius 2 is 1.15 bits per heavy atom. The van der Waals surface area contributed by atoms with Crippen molar-refractivity contribution >= 4 is 0 Å². The summed E-state index contributed by atoms with van der Waals surface area (Å²) in [7, 11) is 0. The summed E-state index contributed by atoms with van der Waals surface area (Å²) < 4.78 is 0. The third-order valence-corrected chi connectivity index (χ3v) is 4.07. The molecule has 0 aliphatic carbocycles. The zero-order valence-corrected chi connectivity index (χ0v) is 17.8. The van der Waals surface area contributed by atoms with Crippen LogP contribution >= 0.6 is 0 Å². The van der Waals surface area contributed by atoms with Crippen LogP contribution in [0.4, 0.5) is 0 Å². The van der Waals surface area contributed by atoms with Gasteiger partial charge in [0.05, 0.1) is 0 Å². The number of hydrogen-bond acceptors (Lipinski definition) is 1. The van der Waals surface area contributed by atoms with E-state index >= 15 is 0 Å². The number of pyridine rings is 1. The van der Waals surface area contributed by atoms with Crippen molar-refractivity contribution in [3.05, 3.63) is 103 Å². The van der Waals surface area contributed by atoms with Crippen LogP contribution < -0.4 is 0 Å². The Kier molecular flexibility index (Phi) is 8.17. The monoisotopic (exact) mass is 531 g/mol. The van der Waals surface area contributed by atoms with Gasteiger partial charge in [-0.05, 0) is 16.8 Å². The number of nitrogens with zero attached hydrogens (tertiary/aromatic N) is 1. The summed E-state index contributed by atoms with van der Waals surface area (Å²) in [5.74, 6) is 0. The molecule has 4 rings (SSSR count). The number of aromatic nitrogens is 1. The summed E-state index contributed by atoms with van der Waals surface area (Å²) in [4.78, 5) is 4.60. The predicted molar refractivity (Wildman–Crippen MR) is 111 cm³/mol. The third-order valence-electron chi connectivity index (χ3n) is 4.07. The molecule has 0 unspecified atom stereocenters. The maximum absolute atomic E-state index is 4.60. The molecule has 0 bridgehead atoms. The zero-order valence-electron chi connectivity index (χ0n) is 15.5. The largest absolute Gasteiger partial charge is 0.304 e. The molecule has 0 fully saturated rings. The summed E-state index contributed by atoms with van der Waals surface area (Å²) >= 11 is 0. The zero-order chi connectivity index (χ0) is 18.2. The fourth-order valence-electron chi connectivity index (χ4n) is 2.75. The van der Waals surface area contributed by atoms with Crippen LogP contribution in [0.1, 0.15) is 13.8 Å². The first-order valence-electron chi connectivity index (χ1n) is 8.99. The van der Waals surface area contributed by atoms with Crippen molar-refractivity contribution in [3.8, 4) is 33.5 Å². The van der Waals surface area contributed by atoms with E-state index in [4.69, 9.17) is 0 Å². The van der Waals surface area contributed by atoms with E-state index in [1.54, 1.807) is 0 Å². The van der Waals surface area contributed by atoms with Gasteiger partial charge < -0.3 is 4.98 Å². The van der Waals surface area contributed by atoms with E-state index in [0.29, 0.717) is 0 Å². The van der Waals surface area contributed by atoms with E-state index in [1.807, 2.05) is 62.5 Å². The second-order valence-electron chi connectivity index (χ2n) is 5.66. The molecule has 0 aliphatic heterocycles. The van der Waals surface area contributed by atoms with Crippen molar-refractivity contribution in [3.63, 3.8) is 0 Å². The Hall–Kier alpha value is -2.50. The number of rotatable bonds is 3. The van der Waals surface area contributed by atoms with Crippen LogP contribution in [0.15, 0.2) is 97.2 Å². The maximum atomic E-state index is 4.60. The van der Waals surface area contributed by atoms with Crippen LogP contribution in [0.25, 0.3) is 33.5 Å². The molecule has 3 aromatic carbocycles. The van der Waals surface area contributed by atoms with Gasteiger partial charge in [0, 0.05) is 27.3 Å². The molecule has 0 saturated heterocycles. The van der Waals surface area contributed by atoms with E-state index < -0.39 is 0 Å².